The van der Waals surface area contributed by atoms with Gasteiger partial charge in [-0.3, -0.25) is 4.99 Å². The van der Waals surface area contributed by atoms with Gasteiger partial charge in [-0.15, -0.1) is 0 Å². The van der Waals surface area contributed by atoms with Gasteiger partial charge in [0, 0.05) is 16.7 Å². The van der Waals surface area contributed by atoms with Gasteiger partial charge in [0.05, 0.1) is 30.4 Å². The topological polar surface area (TPSA) is 62.4 Å². The first kappa shape index (κ1) is 17.2. The van der Waals surface area contributed by atoms with E-state index in [1.807, 2.05) is 39.0 Å². The molecular weight excluding hydrogens is 312 g/mol. The van der Waals surface area contributed by atoms with Crippen molar-refractivity contribution in [2.75, 3.05) is 7.11 Å². The van der Waals surface area contributed by atoms with Crippen molar-refractivity contribution in [2.45, 2.75) is 26.7 Å². The molecule has 4 nitrogen and oxygen atoms in total. The molecule has 1 aromatic rings. The van der Waals surface area contributed by atoms with Crippen molar-refractivity contribution in [1.82, 2.24) is 0 Å². The zero-order chi connectivity index (χ0) is 17.1. The van der Waals surface area contributed by atoms with Crippen molar-refractivity contribution in [3.63, 3.8) is 0 Å². The van der Waals surface area contributed by atoms with Crippen LogP contribution in [0.4, 0.5) is 0 Å². The lowest BCUT2D eigenvalue weighted by Crippen LogP contribution is -2.30. The number of hydrogen-bond acceptors (Lipinski definition) is 4. The molecular formula is C18H19ClN2O2. The zero-order valence-electron chi connectivity index (χ0n) is 13.6. The Balaban J connectivity index is 2.77. The highest BCUT2D eigenvalue weighted by Crippen LogP contribution is 2.43. The van der Waals surface area contributed by atoms with Crippen LogP contribution in [0, 0.1) is 23.2 Å². The van der Waals surface area contributed by atoms with Crippen LogP contribution in [0.3, 0.4) is 0 Å². The van der Waals surface area contributed by atoms with Crippen molar-refractivity contribution < 1.29 is 9.53 Å². The minimum absolute atomic E-state index is 0.0312. The van der Waals surface area contributed by atoms with Crippen LogP contribution in [0.2, 0.25) is 5.02 Å². The Morgan fingerprint density at radius 3 is 2.57 bits per heavy atom. The average molecular weight is 331 g/mol. The van der Waals surface area contributed by atoms with E-state index in [4.69, 9.17) is 16.3 Å². The number of halogens is 1. The Labute approximate surface area is 141 Å². The van der Waals surface area contributed by atoms with Gasteiger partial charge in [0.2, 0.25) is 0 Å². The Morgan fingerprint density at radius 1 is 1.39 bits per heavy atom. The highest BCUT2D eigenvalue weighted by molar-refractivity contribution is 6.31. The quantitative estimate of drug-likeness (QED) is 0.783. The predicted octanol–water partition coefficient (Wildman–Crippen LogP) is 4.12. The molecule has 23 heavy (non-hydrogen) atoms. The summed E-state index contributed by atoms with van der Waals surface area (Å²) >= 11 is 6.34. The third-order valence-electron chi connectivity index (χ3n) is 4.00. The molecule has 1 aliphatic heterocycles. The summed E-state index contributed by atoms with van der Waals surface area (Å²) < 4.78 is 4.97. The van der Waals surface area contributed by atoms with Crippen molar-refractivity contribution in [2.24, 2.45) is 16.8 Å². The Hall–Kier alpha value is -2.12. The van der Waals surface area contributed by atoms with Gasteiger partial charge in [-0.25, -0.2) is 4.79 Å². The first-order valence-corrected chi connectivity index (χ1v) is 7.81. The summed E-state index contributed by atoms with van der Waals surface area (Å²) in [6.45, 7) is 5.74. The molecule has 0 aliphatic carbocycles. The van der Waals surface area contributed by atoms with Crippen LogP contribution in [-0.2, 0) is 9.53 Å². The normalized spacial score (nSPS) is 21.0. The van der Waals surface area contributed by atoms with E-state index in [9.17, 15) is 10.1 Å². The van der Waals surface area contributed by atoms with Crippen LogP contribution in [0.25, 0.3) is 0 Å². The van der Waals surface area contributed by atoms with Gasteiger partial charge in [0.15, 0.2) is 0 Å². The standard InChI is InChI=1S/C18H19ClN2O2/c1-10(2)17-16(18(22)23-4)15(13(9-20)11(3)21-17)12-7-5-6-8-14(12)19/h5-8,10,13,15H,1-4H3. The molecule has 0 amide bonds. The molecule has 0 fully saturated rings. The number of carbonyl (C=O) groups excluding carboxylic acids is 1. The van der Waals surface area contributed by atoms with Crippen molar-refractivity contribution in [3.05, 3.63) is 46.1 Å². The molecule has 0 aromatic heterocycles. The zero-order valence-corrected chi connectivity index (χ0v) is 14.4. The number of nitrogens with zero attached hydrogens (tertiary/aromatic N) is 2. The molecule has 5 heteroatoms. The van der Waals surface area contributed by atoms with Gasteiger partial charge in [-0.1, -0.05) is 43.6 Å². The molecule has 0 spiro atoms. The summed E-state index contributed by atoms with van der Waals surface area (Å²) in [5, 5.41) is 10.2. The van der Waals surface area contributed by atoms with Crippen LogP contribution in [-0.4, -0.2) is 18.8 Å². The lowest BCUT2D eigenvalue weighted by atomic mass is 9.75. The number of nitriles is 1. The van der Waals surface area contributed by atoms with Crippen molar-refractivity contribution >= 4 is 23.3 Å². The average Bonchev–Trinajstić information content (AvgIpc) is 2.53. The monoisotopic (exact) mass is 330 g/mol. The smallest absolute Gasteiger partial charge is 0.336 e. The van der Waals surface area contributed by atoms with Gasteiger partial charge < -0.3 is 4.74 Å². The summed E-state index contributed by atoms with van der Waals surface area (Å²) in [5.41, 5.74) is 2.51. The Kier molecular flexibility index (Phi) is 5.23. The van der Waals surface area contributed by atoms with E-state index in [0.717, 1.165) is 5.56 Å². The number of carbonyl (C=O) groups is 1. The molecule has 2 unspecified atom stereocenters. The summed E-state index contributed by atoms with van der Waals surface area (Å²) in [7, 11) is 1.34. The summed E-state index contributed by atoms with van der Waals surface area (Å²) in [6, 6.07) is 9.54. The number of aliphatic imine (C=N–C) groups is 1. The van der Waals surface area contributed by atoms with Crippen LogP contribution in [0.5, 0.6) is 0 Å². The fraction of sp³-hybridized carbons (Fsp3) is 0.389. The van der Waals surface area contributed by atoms with E-state index >= 15 is 0 Å². The van der Waals surface area contributed by atoms with Crippen molar-refractivity contribution in [3.8, 4) is 6.07 Å². The SMILES string of the molecule is COC(=O)C1=C(C(C)C)N=C(C)C(C#N)C1c1ccccc1Cl. The highest BCUT2D eigenvalue weighted by atomic mass is 35.5. The number of allylic oxidation sites excluding steroid dienone is 1. The second-order valence-corrected chi connectivity index (χ2v) is 6.21. The molecule has 0 bridgehead atoms. The van der Waals surface area contributed by atoms with Gasteiger partial charge in [-0.2, -0.15) is 5.26 Å². The number of ether oxygens (including phenoxy) is 1. The number of rotatable bonds is 3. The van der Waals surface area contributed by atoms with E-state index in [0.29, 0.717) is 22.0 Å². The molecule has 1 aromatic carbocycles. The Morgan fingerprint density at radius 2 is 2.04 bits per heavy atom. The largest absolute Gasteiger partial charge is 0.466 e. The second kappa shape index (κ2) is 6.97. The molecule has 1 heterocycles. The van der Waals surface area contributed by atoms with Gasteiger partial charge >= 0.3 is 5.97 Å². The second-order valence-electron chi connectivity index (χ2n) is 5.80. The maximum absolute atomic E-state index is 12.4. The van der Waals surface area contributed by atoms with Gasteiger partial charge in [0.1, 0.15) is 0 Å². The molecule has 0 saturated carbocycles. The molecule has 2 rings (SSSR count). The summed E-state index contributed by atoms with van der Waals surface area (Å²) in [6.07, 6.45) is 0. The molecule has 0 saturated heterocycles. The molecule has 0 radical (unpaired) electrons. The fourth-order valence-electron chi connectivity index (χ4n) is 2.90. The molecule has 0 N–H and O–H groups in total. The highest BCUT2D eigenvalue weighted by Gasteiger charge is 2.39. The first-order chi connectivity index (χ1) is 10.9. The number of esters is 1. The van der Waals surface area contributed by atoms with E-state index in [1.54, 1.807) is 6.07 Å². The number of hydrogen-bond donors (Lipinski definition) is 0. The number of benzene rings is 1. The third-order valence-corrected chi connectivity index (χ3v) is 4.34. The summed E-state index contributed by atoms with van der Waals surface area (Å²) in [4.78, 5) is 17.0. The summed E-state index contributed by atoms with van der Waals surface area (Å²) in [5.74, 6) is -1.46. The third kappa shape index (κ3) is 3.16. The van der Waals surface area contributed by atoms with E-state index in [1.165, 1.54) is 7.11 Å². The van der Waals surface area contributed by atoms with Crippen molar-refractivity contribution in [1.29, 1.82) is 5.26 Å². The molecule has 120 valence electrons. The van der Waals surface area contributed by atoms with E-state index < -0.39 is 17.8 Å². The molecule has 1 aliphatic rings. The maximum Gasteiger partial charge on any atom is 0.336 e. The minimum atomic E-state index is -0.550. The van der Waals surface area contributed by atoms with Crippen LogP contribution in [0.15, 0.2) is 40.5 Å². The van der Waals surface area contributed by atoms with Crippen LogP contribution in [0.1, 0.15) is 32.3 Å². The predicted molar refractivity (Wildman–Crippen MR) is 90.3 cm³/mol. The van der Waals surface area contributed by atoms with Gasteiger partial charge in [-0.05, 0) is 24.5 Å². The first-order valence-electron chi connectivity index (χ1n) is 7.44. The van der Waals surface area contributed by atoms with E-state index in [2.05, 4.69) is 11.1 Å². The fourth-order valence-corrected chi connectivity index (χ4v) is 3.15. The number of methoxy groups -OCH3 is 1. The van der Waals surface area contributed by atoms with Crippen LogP contribution < -0.4 is 0 Å². The van der Waals surface area contributed by atoms with Crippen LogP contribution >= 0.6 is 11.6 Å². The minimum Gasteiger partial charge on any atom is -0.466 e. The lowest BCUT2D eigenvalue weighted by molar-refractivity contribution is -0.136. The maximum atomic E-state index is 12.4. The van der Waals surface area contributed by atoms with E-state index in [-0.39, 0.29) is 5.92 Å². The van der Waals surface area contributed by atoms with Gasteiger partial charge in [0.25, 0.3) is 0 Å². The Bertz CT molecular complexity index is 729. The molecule has 2 atom stereocenters. The lowest BCUT2D eigenvalue weighted by Gasteiger charge is -2.31.